The molecule has 1 fully saturated rings. The van der Waals surface area contributed by atoms with Crippen molar-refractivity contribution in [1.82, 2.24) is 5.32 Å². The molecule has 0 saturated heterocycles. The zero-order chi connectivity index (χ0) is 30.5. The Morgan fingerprint density at radius 1 is 0.800 bits per heavy atom. The van der Waals surface area contributed by atoms with E-state index < -0.39 is 25.2 Å². The van der Waals surface area contributed by atoms with Gasteiger partial charge in [-0.25, -0.2) is 4.79 Å². The average molecular weight is 750 g/mol. The van der Waals surface area contributed by atoms with Crippen molar-refractivity contribution in [2.75, 3.05) is 25.6 Å². The maximum Gasteiger partial charge on any atom is 0.334 e. The summed E-state index contributed by atoms with van der Waals surface area (Å²) >= 11 is 1.62. The molecule has 230 valence electrons. The number of methoxy groups -OCH3 is 1. The highest BCUT2D eigenvalue weighted by Gasteiger charge is 2.58. The minimum Gasteiger partial charge on any atom is -1.00 e. The zero-order valence-electron chi connectivity index (χ0n) is 24.7. The standard InChI is InChI=1S/C36H32NO5PS.HI/c1-41-36(40)31-25(24-44-35-32(31)34(39)33(35)37-30(38)22-42-26-14-6-2-7-15-26)23-43(27-16-8-3-9-17-27,28-18-10-4-11-19-28)29-20-12-5-13-21-29;/h2-21,32-33,35H,22-24H2,1H3;1H/t32?,33-,35+;/m1./s1. The van der Waals surface area contributed by atoms with Gasteiger partial charge in [-0.3, -0.25) is 9.59 Å². The fourth-order valence-electron chi connectivity index (χ4n) is 6.19. The highest BCUT2D eigenvalue weighted by molar-refractivity contribution is 8.00. The Morgan fingerprint density at radius 2 is 1.29 bits per heavy atom. The summed E-state index contributed by atoms with van der Waals surface area (Å²) in [6.07, 6.45) is 0.598. The van der Waals surface area contributed by atoms with Gasteiger partial charge in [-0.15, -0.1) is 0 Å². The minimum atomic E-state index is -2.30. The normalized spacial score (nSPS) is 19.0. The molecule has 4 aromatic rings. The number of halogens is 1. The molecule has 0 aromatic heterocycles. The van der Waals surface area contributed by atoms with E-state index in [4.69, 9.17) is 9.47 Å². The van der Waals surface area contributed by atoms with Crippen molar-refractivity contribution < 1.29 is 47.8 Å². The number of para-hydroxylation sites is 1. The van der Waals surface area contributed by atoms with Gasteiger partial charge in [0.15, 0.2) is 12.4 Å². The largest absolute Gasteiger partial charge is 1.00 e. The van der Waals surface area contributed by atoms with E-state index in [0.29, 0.717) is 23.2 Å². The van der Waals surface area contributed by atoms with Crippen LogP contribution >= 0.6 is 19.0 Å². The average Bonchev–Trinajstić information content (AvgIpc) is 3.09. The lowest BCUT2D eigenvalue weighted by Crippen LogP contribution is -3.00. The van der Waals surface area contributed by atoms with Crippen molar-refractivity contribution in [2.45, 2.75) is 11.3 Å². The minimum absolute atomic E-state index is 0. The lowest BCUT2D eigenvalue weighted by Gasteiger charge is -2.46. The summed E-state index contributed by atoms with van der Waals surface area (Å²) in [4.78, 5) is 39.9. The number of carbonyl (C=O) groups excluding carboxylic acids is 3. The summed E-state index contributed by atoms with van der Waals surface area (Å²) in [7, 11) is -0.942. The van der Waals surface area contributed by atoms with E-state index in [0.717, 1.165) is 5.57 Å². The highest BCUT2D eigenvalue weighted by Crippen LogP contribution is 2.59. The maximum atomic E-state index is 13.7. The Hall–Kier alpha value is -3.46. The molecule has 0 spiro atoms. The zero-order valence-corrected chi connectivity index (χ0v) is 28.5. The summed E-state index contributed by atoms with van der Waals surface area (Å²) in [6.45, 7) is -0.195. The molecule has 1 saturated carbocycles. The molecule has 1 aliphatic heterocycles. The van der Waals surface area contributed by atoms with Crippen molar-refractivity contribution in [3.05, 3.63) is 132 Å². The van der Waals surface area contributed by atoms with Gasteiger partial charge in [-0.2, -0.15) is 11.8 Å². The van der Waals surface area contributed by atoms with E-state index in [2.05, 4.69) is 78.1 Å². The fourth-order valence-corrected chi connectivity index (χ4v) is 12.2. The number of hydrogen-bond acceptors (Lipinski definition) is 6. The first-order valence-corrected chi connectivity index (χ1v) is 17.5. The SMILES string of the molecule is COC(=O)C1=C(C[P+](c2ccccc2)(c2ccccc2)c2ccccc2)CS[C@H]2C1C(=O)[C@H]2NC(=O)COc1ccccc1.[I-]. The quantitative estimate of drug-likeness (QED) is 0.150. The number of hydrogen-bond donors (Lipinski definition) is 1. The van der Waals surface area contributed by atoms with Gasteiger partial charge < -0.3 is 38.8 Å². The molecule has 1 amide bonds. The van der Waals surface area contributed by atoms with Crippen molar-refractivity contribution in [2.24, 2.45) is 5.92 Å². The monoisotopic (exact) mass is 749 g/mol. The smallest absolute Gasteiger partial charge is 0.334 e. The number of ether oxygens (including phenoxy) is 2. The summed E-state index contributed by atoms with van der Waals surface area (Å²) in [6, 6.07) is 39.8. The summed E-state index contributed by atoms with van der Waals surface area (Å²) < 4.78 is 10.9. The molecule has 0 radical (unpaired) electrons. The van der Waals surface area contributed by atoms with Crippen LogP contribution in [0.2, 0.25) is 0 Å². The van der Waals surface area contributed by atoms with Crippen LogP contribution in [0.4, 0.5) is 0 Å². The first-order chi connectivity index (χ1) is 21.5. The molecule has 2 aliphatic rings. The molecule has 4 aromatic carbocycles. The number of esters is 1. The van der Waals surface area contributed by atoms with Crippen LogP contribution < -0.4 is 49.9 Å². The van der Waals surface area contributed by atoms with E-state index in [9.17, 15) is 14.4 Å². The Labute approximate surface area is 285 Å². The van der Waals surface area contributed by atoms with Crippen LogP contribution in [-0.4, -0.2) is 54.6 Å². The topological polar surface area (TPSA) is 81.7 Å². The molecular formula is C36H33INO5PS. The van der Waals surface area contributed by atoms with Gasteiger partial charge >= 0.3 is 5.97 Å². The fraction of sp³-hybridized carbons (Fsp3) is 0.194. The molecular weight excluding hydrogens is 716 g/mol. The molecule has 1 aliphatic carbocycles. The Morgan fingerprint density at radius 3 is 1.78 bits per heavy atom. The first-order valence-electron chi connectivity index (χ1n) is 14.5. The van der Waals surface area contributed by atoms with Gasteiger partial charge in [0.25, 0.3) is 5.91 Å². The molecule has 6 nitrogen and oxygen atoms in total. The number of ketones is 1. The third kappa shape index (κ3) is 6.60. The van der Waals surface area contributed by atoms with E-state index in [1.807, 2.05) is 36.4 Å². The lowest BCUT2D eigenvalue weighted by molar-refractivity contribution is -0.141. The van der Waals surface area contributed by atoms with Crippen LogP contribution in [0.1, 0.15) is 0 Å². The van der Waals surface area contributed by atoms with E-state index in [-0.39, 0.29) is 47.5 Å². The van der Waals surface area contributed by atoms with Gasteiger partial charge in [-0.05, 0) is 54.1 Å². The first kappa shape index (κ1) is 32.9. The van der Waals surface area contributed by atoms with Gasteiger partial charge in [0.2, 0.25) is 0 Å². The Bertz CT molecular complexity index is 1570. The maximum absolute atomic E-state index is 13.7. The lowest BCUT2D eigenvalue weighted by atomic mass is 9.71. The molecule has 1 unspecified atom stereocenters. The highest BCUT2D eigenvalue weighted by atomic mass is 127. The van der Waals surface area contributed by atoms with Crippen LogP contribution in [0.25, 0.3) is 0 Å². The van der Waals surface area contributed by atoms with Crippen molar-refractivity contribution in [3.8, 4) is 5.75 Å². The van der Waals surface area contributed by atoms with Crippen LogP contribution in [0.15, 0.2) is 132 Å². The van der Waals surface area contributed by atoms with Crippen LogP contribution in [0.5, 0.6) is 5.75 Å². The number of nitrogens with one attached hydrogen (secondary N) is 1. The van der Waals surface area contributed by atoms with Gasteiger partial charge in [-0.1, -0.05) is 72.8 Å². The second-order valence-corrected chi connectivity index (χ2v) is 15.4. The molecule has 45 heavy (non-hydrogen) atoms. The molecule has 6 rings (SSSR count). The van der Waals surface area contributed by atoms with E-state index >= 15 is 0 Å². The Balaban J connectivity index is 0.00000400. The van der Waals surface area contributed by atoms with Crippen molar-refractivity contribution in [3.63, 3.8) is 0 Å². The third-order valence-corrected chi connectivity index (χ3v) is 14.1. The second-order valence-electron chi connectivity index (χ2n) is 10.8. The number of carbonyl (C=O) groups is 3. The molecule has 9 heteroatoms. The van der Waals surface area contributed by atoms with Gasteiger partial charge in [0.05, 0.1) is 24.8 Å². The number of benzene rings is 4. The number of rotatable bonds is 10. The molecule has 1 N–H and O–H groups in total. The number of amides is 1. The van der Waals surface area contributed by atoms with Crippen molar-refractivity contribution in [1.29, 1.82) is 0 Å². The number of fused-ring (bicyclic) bond motifs is 1. The van der Waals surface area contributed by atoms with Gasteiger partial charge in [0.1, 0.15) is 35.0 Å². The molecule has 0 bridgehead atoms. The van der Waals surface area contributed by atoms with Crippen LogP contribution in [0, 0.1) is 5.92 Å². The Kier molecular flexibility index (Phi) is 10.8. The second kappa shape index (κ2) is 14.8. The predicted octanol–water partition coefficient (Wildman–Crippen LogP) is 1.33. The third-order valence-electron chi connectivity index (χ3n) is 8.27. The van der Waals surface area contributed by atoms with Gasteiger partial charge in [0, 0.05) is 11.0 Å². The number of thioether (sulfide) groups is 1. The van der Waals surface area contributed by atoms with Crippen LogP contribution in [-0.2, 0) is 19.1 Å². The van der Waals surface area contributed by atoms with Crippen molar-refractivity contribution >= 4 is 52.6 Å². The van der Waals surface area contributed by atoms with E-state index in [1.54, 1.807) is 23.9 Å². The van der Waals surface area contributed by atoms with Crippen LogP contribution in [0.3, 0.4) is 0 Å². The predicted molar refractivity (Wildman–Crippen MR) is 178 cm³/mol. The summed E-state index contributed by atoms with van der Waals surface area (Å²) in [5, 5.41) is 6.20. The molecule has 3 atom stereocenters. The summed E-state index contributed by atoms with van der Waals surface area (Å²) in [5.41, 5.74) is 1.37. The number of Topliss-reactive ketones (excluding diaryl/α,β-unsaturated/α-hetero) is 1. The molecule has 1 heterocycles. The van der Waals surface area contributed by atoms with E-state index in [1.165, 1.54) is 23.0 Å². The summed E-state index contributed by atoms with van der Waals surface area (Å²) in [5.74, 6) is -0.525.